The van der Waals surface area contributed by atoms with Crippen molar-refractivity contribution in [1.82, 2.24) is 4.40 Å². The number of rotatable bonds is 5. The number of carbonyl (C=O) groups is 2. The van der Waals surface area contributed by atoms with Crippen molar-refractivity contribution in [2.24, 2.45) is 0 Å². The van der Waals surface area contributed by atoms with Gasteiger partial charge in [0.2, 0.25) is 5.78 Å². The van der Waals surface area contributed by atoms with Crippen molar-refractivity contribution in [3.05, 3.63) is 99.5 Å². The van der Waals surface area contributed by atoms with E-state index in [4.69, 9.17) is 27.9 Å². The lowest BCUT2D eigenvalue weighted by molar-refractivity contribution is 0.0526. The van der Waals surface area contributed by atoms with E-state index in [9.17, 15) is 14.0 Å². The summed E-state index contributed by atoms with van der Waals surface area (Å²) in [5.41, 5.74) is 2.96. The van der Waals surface area contributed by atoms with Crippen molar-refractivity contribution in [2.75, 3.05) is 6.61 Å². The number of fused-ring (bicyclic) bond motifs is 1. The van der Waals surface area contributed by atoms with Gasteiger partial charge in [0.15, 0.2) is 0 Å². The minimum absolute atomic E-state index is 0.0719. The Morgan fingerprint density at radius 2 is 1.77 bits per heavy atom. The smallest absolute Gasteiger partial charge is 0.338 e. The van der Waals surface area contributed by atoms with Gasteiger partial charge < -0.3 is 9.14 Å². The molecule has 0 amide bonds. The van der Waals surface area contributed by atoms with Crippen LogP contribution in [0.2, 0.25) is 10.0 Å². The number of aromatic nitrogens is 1. The Bertz CT molecular complexity index is 1310. The van der Waals surface area contributed by atoms with Crippen LogP contribution < -0.4 is 0 Å². The van der Waals surface area contributed by atoms with E-state index in [0.717, 1.165) is 22.7 Å². The highest BCUT2D eigenvalue weighted by Crippen LogP contribution is 2.33. The summed E-state index contributed by atoms with van der Waals surface area (Å²) in [5.74, 6) is -1.61. The third-order valence-corrected chi connectivity index (χ3v) is 5.57. The summed E-state index contributed by atoms with van der Waals surface area (Å²) in [6.45, 7) is 2.04. The molecular weight excluding hydrogens is 440 g/mol. The summed E-state index contributed by atoms with van der Waals surface area (Å²) < 4.78 is 20.7. The molecule has 156 valence electrons. The Labute approximate surface area is 187 Å². The molecule has 2 heterocycles. The first kappa shape index (κ1) is 21.1. The maximum Gasteiger partial charge on any atom is 0.338 e. The molecule has 7 heteroatoms. The predicted octanol–water partition coefficient (Wildman–Crippen LogP) is 6.46. The van der Waals surface area contributed by atoms with Gasteiger partial charge in [-0.05, 0) is 55.0 Å². The number of carbonyl (C=O) groups excluding carboxylic acids is 2. The maximum atomic E-state index is 14.0. The van der Waals surface area contributed by atoms with Gasteiger partial charge in [-0.1, -0.05) is 41.4 Å². The molecule has 0 spiro atoms. The van der Waals surface area contributed by atoms with E-state index in [2.05, 4.69) is 0 Å². The second kappa shape index (κ2) is 8.53. The minimum atomic E-state index is -0.718. The number of pyridine rings is 1. The molecule has 0 unspecified atom stereocenters. The molecular formula is C24H16Cl2FNO3. The Morgan fingerprint density at radius 1 is 1.03 bits per heavy atom. The van der Waals surface area contributed by atoms with Crippen LogP contribution in [-0.2, 0) is 4.74 Å². The highest BCUT2D eigenvalue weighted by Gasteiger charge is 2.24. The zero-order chi connectivity index (χ0) is 22.1. The van der Waals surface area contributed by atoms with Crippen molar-refractivity contribution < 1.29 is 18.7 Å². The molecule has 0 saturated carbocycles. The molecule has 2 aromatic carbocycles. The molecule has 0 atom stereocenters. The van der Waals surface area contributed by atoms with Crippen LogP contribution in [0, 0.1) is 5.82 Å². The normalized spacial score (nSPS) is 11.0. The van der Waals surface area contributed by atoms with Gasteiger partial charge >= 0.3 is 5.97 Å². The Balaban J connectivity index is 1.83. The van der Waals surface area contributed by atoms with Gasteiger partial charge in [-0.3, -0.25) is 4.79 Å². The van der Waals surface area contributed by atoms with E-state index in [0.29, 0.717) is 12.2 Å². The van der Waals surface area contributed by atoms with Crippen LogP contribution in [0.1, 0.15) is 33.3 Å². The summed E-state index contributed by atoms with van der Waals surface area (Å²) in [7, 11) is 0. The van der Waals surface area contributed by atoms with E-state index in [-0.39, 0.29) is 21.3 Å². The topological polar surface area (TPSA) is 47.8 Å². The number of ketones is 1. The fourth-order valence-electron chi connectivity index (χ4n) is 3.42. The molecule has 4 rings (SSSR count). The van der Waals surface area contributed by atoms with Crippen LogP contribution in [-0.4, -0.2) is 22.8 Å². The van der Waals surface area contributed by atoms with Gasteiger partial charge in [-0.2, -0.15) is 0 Å². The second-order valence-corrected chi connectivity index (χ2v) is 7.53. The van der Waals surface area contributed by atoms with Crippen molar-refractivity contribution in [2.45, 2.75) is 6.92 Å². The van der Waals surface area contributed by atoms with Gasteiger partial charge in [-0.25, -0.2) is 9.18 Å². The Hall–Kier alpha value is -3.15. The highest BCUT2D eigenvalue weighted by atomic mass is 35.5. The van der Waals surface area contributed by atoms with Crippen LogP contribution in [0.5, 0.6) is 0 Å². The molecule has 0 fully saturated rings. The van der Waals surface area contributed by atoms with Crippen molar-refractivity contribution in [3.63, 3.8) is 0 Å². The van der Waals surface area contributed by atoms with E-state index < -0.39 is 17.6 Å². The average molecular weight is 456 g/mol. The fourth-order valence-corrected chi connectivity index (χ4v) is 3.96. The standard InChI is InChI=1S/C24H16Cl2FNO3/c1-2-31-24(30)15-8-6-14(7-9-15)16-13-20(28-12-4-3-5-19(16)28)23(29)21-17(25)10-11-18(27)22(21)26/h3-13H,2H2,1H3. The first-order valence-electron chi connectivity index (χ1n) is 9.48. The van der Waals surface area contributed by atoms with Gasteiger partial charge in [-0.15, -0.1) is 0 Å². The third kappa shape index (κ3) is 3.82. The molecule has 0 bridgehead atoms. The molecule has 0 aliphatic rings. The maximum absolute atomic E-state index is 14.0. The fraction of sp³-hybridized carbons (Fsp3) is 0.0833. The molecule has 0 aliphatic heterocycles. The number of esters is 1. The lowest BCUT2D eigenvalue weighted by Crippen LogP contribution is -2.07. The number of hydrogen-bond donors (Lipinski definition) is 0. The van der Waals surface area contributed by atoms with Crippen molar-refractivity contribution in [3.8, 4) is 11.1 Å². The largest absolute Gasteiger partial charge is 0.462 e. The third-order valence-electron chi connectivity index (χ3n) is 4.89. The minimum Gasteiger partial charge on any atom is -0.462 e. The van der Waals surface area contributed by atoms with Crippen LogP contribution in [0.15, 0.2) is 66.9 Å². The van der Waals surface area contributed by atoms with E-state index in [1.165, 1.54) is 6.07 Å². The quantitative estimate of drug-likeness (QED) is 0.197. The molecule has 0 N–H and O–H groups in total. The van der Waals surface area contributed by atoms with E-state index >= 15 is 0 Å². The zero-order valence-electron chi connectivity index (χ0n) is 16.4. The second-order valence-electron chi connectivity index (χ2n) is 6.74. The summed E-state index contributed by atoms with van der Waals surface area (Å²) in [4.78, 5) is 25.2. The summed E-state index contributed by atoms with van der Waals surface area (Å²) in [5, 5.41) is -0.244. The van der Waals surface area contributed by atoms with Crippen molar-refractivity contribution >= 4 is 40.5 Å². The highest BCUT2D eigenvalue weighted by molar-refractivity contribution is 6.41. The van der Waals surface area contributed by atoms with Crippen LogP contribution in [0.4, 0.5) is 4.39 Å². The van der Waals surface area contributed by atoms with E-state index in [1.807, 2.05) is 12.1 Å². The molecule has 0 saturated heterocycles. The molecule has 31 heavy (non-hydrogen) atoms. The Morgan fingerprint density at radius 3 is 2.48 bits per heavy atom. The van der Waals surface area contributed by atoms with Crippen LogP contribution >= 0.6 is 23.2 Å². The van der Waals surface area contributed by atoms with Gasteiger partial charge in [0, 0.05) is 11.8 Å². The average Bonchev–Trinajstić information content (AvgIpc) is 3.16. The summed E-state index contributed by atoms with van der Waals surface area (Å²) in [6.07, 6.45) is 1.74. The lowest BCUT2D eigenvalue weighted by atomic mass is 10.0. The lowest BCUT2D eigenvalue weighted by Gasteiger charge is -2.07. The van der Waals surface area contributed by atoms with Gasteiger partial charge in [0.05, 0.1) is 39.0 Å². The first-order valence-corrected chi connectivity index (χ1v) is 10.2. The molecule has 4 aromatic rings. The van der Waals surface area contributed by atoms with Gasteiger partial charge in [0.25, 0.3) is 0 Å². The summed E-state index contributed by atoms with van der Waals surface area (Å²) in [6, 6.07) is 16.5. The number of nitrogens with zero attached hydrogens (tertiary/aromatic N) is 1. The molecule has 4 nitrogen and oxygen atoms in total. The monoisotopic (exact) mass is 455 g/mol. The SMILES string of the molecule is CCOC(=O)c1ccc(-c2cc(C(=O)c3c(Cl)ccc(F)c3Cl)n3ccccc23)cc1. The van der Waals surface area contributed by atoms with Crippen LogP contribution in [0.25, 0.3) is 16.6 Å². The molecule has 0 aliphatic carbocycles. The molecule has 2 aromatic heterocycles. The Kier molecular flexibility index (Phi) is 5.81. The number of ether oxygens (including phenoxy) is 1. The van der Waals surface area contributed by atoms with E-state index in [1.54, 1.807) is 53.9 Å². The molecule has 0 radical (unpaired) electrons. The van der Waals surface area contributed by atoms with Gasteiger partial charge in [0.1, 0.15) is 5.82 Å². The number of hydrogen-bond acceptors (Lipinski definition) is 3. The number of benzene rings is 2. The number of halogens is 3. The van der Waals surface area contributed by atoms with Crippen molar-refractivity contribution in [1.29, 1.82) is 0 Å². The predicted molar refractivity (Wildman–Crippen MR) is 119 cm³/mol. The van der Waals surface area contributed by atoms with Crippen LogP contribution in [0.3, 0.4) is 0 Å². The summed E-state index contributed by atoms with van der Waals surface area (Å²) >= 11 is 12.2. The zero-order valence-corrected chi connectivity index (χ0v) is 17.9. The first-order chi connectivity index (χ1) is 14.9.